The van der Waals surface area contributed by atoms with E-state index in [4.69, 9.17) is 16.9 Å². The van der Waals surface area contributed by atoms with Crippen molar-refractivity contribution >= 4 is 28.8 Å². The number of carbonyl (C=O) groups excluding carboxylic acids is 1. The maximum Gasteiger partial charge on any atom is 0.285 e. The summed E-state index contributed by atoms with van der Waals surface area (Å²) in [5.74, 6) is -0.874. The summed E-state index contributed by atoms with van der Waals surface area (Å²) in [7, 11) is 0. The lowest BCUT2D eigenvalue weighted by atomic mass is 10.1. The smallest absolute Gasteiger partial charge is 0.285 e. The predicted molar refractivity (Wildman–Crippen MR) is 76.4 cm³/mol. The number of amides is 1. The zero-order chi connectivity index (χ0) is 15.4. The van der Waals surface area contributed by atoms with E-state index in [-0.39, 0.29) is 27.5 Å². The van der Waals surface area contributed by atoms with Crippen LogP contribution in [0.2, 0.25) is 4.47 Å². The molecule has 0 saturated heterocycles. The molecule has 1 heterocycles. The zero-order valence-electron chi connectivity index (χ0n) is 11.0. The van der Waals surface area contributed by atoms with Crippen molar-refractivity contribution in [2.45, 2.75) is 13.5 Å². The summed E-state index contributed by atoms with van der Waals surface area (Å²) in [5.41, 5.74) is 0.571. The van der Waals surface area contributed by atoms with Crippen LogP contribution in [-0.4, -0.2) is 27.5 Å². The molecule has 0 bridgehead atoms. The Kier molecular flexibility index (Phi) is 4.83. The molecule has 2 rings (SSSR count). The summed E-state index contributed by atoms with van der Waals surface area (Å²) >= 11 is 6.63. The Labute approximate surface area is 129 Å². The molecule has 1 aromatic carbocycles. The molecule has 0 atom stereocenters. The maximum absolute atomic E-state index is 13.9. The van der Waals surface area contributed by atoms with Crippen LogP contribution in [-0.2, 0) is 6.54 Å². The van der Waals surface area contributed by atoms with E-state index < -0.39 is 5.82 Å². The first-order valence-corrected chi connectivity index (χ1v) is 7.21. The molecular formula is C13H10ClFN4OS. The highest BCUT2D eigenvalue weighted by molar-refractivity contribution is 7.17. The van der Waals surface area contributed by atoms with E-state index in [1.54, 1.807) is 6.92 Å². The lowest BCUT2D eigenvalue weighted by molar-refractivity contribution is 0.0750. The van der Waals surface area contributed by atoms with Crippen LogP contribution in [0.5, 0.6) is 0 Å². The third kappa shape index (κ3) is 3.54. The fourth-order valence-electron chi connectivity index (χ4n) is 1.70. The summed E-state index contributed by atoms with van der Waals surface area (Å²) < 4.78 is 14.0. The van der Waals surface area contributed by atoms with E-state index >= 15 is 0 Å². The lowest BCUT2D eigenvalue weighted by Crippen LogP contribution is -2.30. The second kappa shape index (κ2) is 6.61. The van der Waals surface area contributed by atoms with Crippen LogP contribution in [0.1, 0.15) is 27.9 Å². The normalized spacial score (nSPS) is 10.2. The van der Waals surface area contributed by atoms with Crippen LogP contribution in [0.25, 0.3) is 0 Å². The molecule has 0 spiro atoms. The zero-order valence-corrected chi connectivity index (χ0v) is 12.6. The van der Waals surface area contributed by atoms with Crippen LogP contribution >= 0.6 is 22.9 Å². The van der Waals surface area contributed by atoms with Gasteiger partial charge >= 0.3 is 0 Å². The Morgan fingerprint density at radius 2 is 2.29 bits per heavy atom. The number of aromatic nitrogens is 2. The number of hydrogen-bond acceptors (Lipinski definition) is 5. The Hall–Kier alpha value is -2.04. The number of hydrogen-bond donors (Lipinski definition) is 0. The Morgan fingerprint density at radius 1 is 1.52 bits per heavy atom. The molecule has 0 unspecified atom stereocenters. The first-order valence-electron chi connectivity index (χ1n) is 6.02. The molecule has 1 amide bonds. The summed E-state index contributed by atoms with van der Waals surface area (Å²) in [6.07, 6.45) is 0. The second-order valence-electron chi connectivity index (χ2n) is 4.10. The Balaban J connectivity index is 2.19. The molecule has 21 heavy (non-hydrogen) atoms. The fraction of sp³-hybridized carbons (Fsp3) is 0.231. The van der Waals surface area contributed by atoms with Gasteiger partial charge in [-0.25, -0.2) is 4.39 Å². The molecule has 0 aliphatic rings. The van der Waals surface area contributed by atoms with Gasteiger partial charge in [-0.1, -0.05) is 17.4 Å². The van der Waals surface area contributed by atoms with Crippen LogP contribution < -0.4 is 0 Å². The highest BCUT2D eigenvalue weighted by Crippen LogP contribution is 2.19. The third-order valence-electron chi connectivity index (χ3n) is 2.80. The molecule has 0 aliphatic carbocycles. The van der Waals surface area contributed by atoms with Crippen molar-refractivity contribution in [1.82, 2.24) is 15.1 Å². The number of benzene rings is 1. The van der Waals surface area contributed by atoms with Crippen molar-refractivity contribution in [3.05, 3.63) is 44.6 Å². The number of carbonyl (C=O) groups is 1. The van der Waals surface area contributed by atoms with Crippen LogP contribution in [0, 0.1) is 17.1 Å². The minimum atomic E-state index is -0.518. The van der Waals surface area contributed by atoms with Gasteiger partial charge in [0.1, 0.15) is 5.82 Å². The van der Waals surface area contributed by atoms with E-state index in [9.17, 15) is 9.18 Å². The number of halogens is 2. The third-order valence-corrected chi connectivity index (χ3v) is 3.80. The molecule has 8 heteroatoms. The van der Waals surface area contributed by atoms with Gasteiger partial charge in [0, 0.05) is 18.7 Å². The fourth-order valence-corrected chi connectivity index (χ4v) is 2.50. The van der Waals surface area contributed by atoms with Crippen molar-refractivity contribution in [2.24, 2.45) is 0 Å². The maximum atomic E-state index is 13.9. The van der Waals surface area contributed by atoms with E-state index in [0.717, 1.165) is 17.4 Å². The molecule has 108 valence electrons. The van der Waals surface area contributed by atoms with Crippen molar-refractivity contribution in [3.8, 4) is 6.07 Å². The first kappa shape index (κ1) is 15.4. The highest BCUT2D eigenvalue weighted by atomic mass is 35.5. The van der Waals surface area contributed by atoms with Crippen molar-refractivity contribution in [1.29, 1.82) is 5.26 Å². The van der Waals surface area contributed by atoms with Gasteiger partial charge in [0.25, 0.3) is 5.91 Å². The second-order valence-corrected chi connectivity index (χ2v) is 5.66. The summed E-state index contributed by atoms with van der Waals surface area (Å²) in [6.45, 7) is 2.25. The molecule has 0 N–H and O–H groups in total. The van der Waals surface area contributed by atoms with E-state index in [1.165, 1.54) is 17.0 Å². The molecular weight excluding hydrogens is 315 g/mol. The molecule has 5 nitrogen and oxygen atoms in total. The Morgan fingerprint density at radius 3 is 2.81 bits per heavy atom. The van der Waals surface area contributed by atoms with Crippen LogP contribution in [0.15, 0.2) is 18.2 Å². The first-order chi connectivity index (χ1) is 10.0. The van der Waals surface area contributed by atoms with Gasteiger partial charge in [0.05, 0.1) is 11.6 Å². The van der Waals surface area contributed by atoms with Gasteiger partial charge in [-0.3, -0.25) is 4.79 Å². The summed E-state index contributed by atoms with van der Waals surface area (Å²) in [6, 6.07) is 6.02. The average molecular weight is 325 g/mol. The van der Waals surface area contributed by atoms with Crippen LogP contribution in [0.3, 0.4) is 0 Å². The quantitative estimate of drug-likeness (QED) is 0.867. The minimum Gasteiger partial charge on any atom is -0.332 e. The largest absolute Gasteiger partial charge is 0.332 e. The van der Waals surface area contributed by atoms with E-state index in [2.05, 4.69) is 10.2 Å². The number of nitrogens with zero attached hydrogens (tertiary/aromatic N) is 4. The molecule has 0 saturated carbocycles. The molecule has 1 aromatic heterocycles. The molecule has 2 aromatic rings. The van der Waals surface area contributed by atoms with Crippen molar-refractivity contribution in [2.75, 3.05) is 6.54 Å². The standard InChI is InChI=1S/C13H10ClFN4OS/c1-2-19(12(20)11-17-18-13(14)21-11)7-9-4-3-8(6-16)5-10(9)15/h3-5H,2,7H2,1H3. The van der Waals surface area contributed by atoms with Crippen molar-refractivity contribution in [3.63, 3.8) is 0 Å². The highest BCUT2D eigenvalue weighted by Gasteiger charge is 2.20. The van der Waals surface area contributed by atoms with Crippen molar-refractivity contribution < 1.29 is 9.18 Å². The Bertz CT molecular complexity index is 712. The molecule has 0 radical (unpaired) electrons. The topological polar surface area (TPSA) is 69.9 Å². The SMILES string of the molecule is CCN(Cc1ccc(C#N)cc1F)C(=O)c1nnc(Cl)s1. The van der Waals surface area contributed by atoms with Gasteiger partial charge in [-0.05, 0) is 30.7 Å². The van der Waals surface area contributed by atoms with Gasteiger partial charge in [-0.15, -0.1) is 10.2 Å². The molecule has 0 aliphatic heterocycles. The number of nitriles is 1. The van der Waals surface area contributed by atoms with Gasteiger partial charge in [0.2, 0.25) is 9.47 Å². The van der Waals surface area contributed by atoms with E-state index in [0.29, 0.717) is 12.1 Å². The van der Waals surface area contributed by atoms with E-state index in [1.807, 2.05) is 6.07 Å². The molecule has 0 fully saturated rings. The number of rotatable bonds is 4. The van der Waals surface area contributed by atoms with Gasteiger partial charge < -0.3 is 4.90 Å². The minimum absolute atomic E-state index is 0.0874. The average Bonchev–Trinajstić information content (AvgIpc) is 2.92. The van der Waals surface area contributed by atoms with Gasteiger partial charge in [-0.2, -0.15) is 5.26 Å². The summed E-state index contributed by atoms with van der Waals surface area (Å²) in [4.78, 5) is 13.7. The van der Waals surface area contributed by atoms with Gasteiger partial charge in [0.15, 0.2) is 0 Å². The monoisotopic (exact) mass is 324 g/mol. The lowest BCUT2D eigenvalue weighted by Gasteiger charge is -2.19. The predicted octanol–water partition coefficient (Wildman–Crippen LogP) is 2.86. The van der Waals surface area contributed by atoms with Crippen LogP contribution in [0.4, 0.5) is 4.39 Å². The summed E-state index contributed by atoms with van der Waals surface area (Å²) in [5, 5.41) is 16.1.